The van der Waals surface area contributed by atoms with Crippen molar-refractivity contribution in [2.75, 3.05) is 14.2 Å². The van der Waals surface area contributed by atoms with Crippen LogP contribution in [0.25, 0.3) is 0 Å². The molecule has 0 amide bonds. The molecule has 0 bridgehead atoms. The fraction of sp³-hybridized carbons (Fsp3) is 0.462. The molecule has 4 nitrogen and oxygen atoms in total. The van der Waals surface area contributed by atoms with Crippen LogP contribution < -0.4 is 4.74 Å². The van der Waals surface area contributed by atoms with Crippen LogP contribution in [0.3, 0.4) is 0 Å². The monoisotopic (exact) mass is 238 g/mol. The van der Waals surface area contributed by atoms with E-state index < -0.39 is 11.9 Å². The van der Waals surface area contributed by atoms with Gasteiger partial charge in [0.25, 0.3) is 0 Å². The van der Waals surface area contributed by atoms with Gasteiger partial charge in [0.2, 0.25) is 0 Å². The van der Waals surface area contributed by atoms with Crippen molar-refractivity contribution in [1.82, 2.24) is 0 Å². The van der Waals surface area contributed by atoms with Gasteiger partial charge in [-0.3, -0.25) is 4.79 Å². The number of carbonyl (C=O) groups is 1. The van der Waals surface area contributed by atoms with Gasteiger partial charge < -0.3 is 14.6 Å². The van der Waals surface area contributed by atoms with E-state index in [9.17, 15) is 4.79 Å². The zero-order chi connectivity index (χ0) is 12.8. The summed E-state index contributed by atoms with van der Waals surface area (Å²) in [5, 5.41) is 8.91. The third-order valence-corrected chi connectivity index (χ3v) is 2.60. The second kappa shape index (κ2) is 6.25. The van der Waals surface area contributed by atoms with Crippen molar-refractivity contribution in [3.63, 3.8) is 0 Å². The molecule has 1 N–H and O–H groups in total. The number of rotatable bonds is 6. The molecule has 17 heavy (non-hydrogen) atoms. The van der Waals surface area contributed by atoms with Crippen molar-refractivity contribution in [3.8, 4) is 5.75 Å². The summed E-state index contributed by atoms with van der Waals surface area (Å²) in [6.07, 6.45) is 0.454. The van der Waals surface area contributed by atoms with Gasteiger partial charge in [-0.25, -0.2) is 0 Å². The summed E-state index contributed by atoms with van der Waals surface area (Å²) in [7, 11) is 3.21. The molecule has 0 saturated heterocycles. The Bertz CT molecular complexity index is 387. The number of ether oxygens (including phenoxy) is 2. The number of hydrogen-bond acceptors (Lipinski definition) is 3. The number of methoxy groups -OCH3 is 2. The van der Waals surface area contributed by atoms with Gasteiger partial charge in [0, 0.05) is 7.11 Å². The predicted octanol–water partition coefficient (Wildman–Crippen LogP) is 2.10. The summed E-state index contributed by atoms with van der Waals surface area (Å²) >= 11 is 0. The van der Waals surface area contributed by atoms with Crippen LogP contribution in [0.4, 0.5) is 0 Å². The topological polar surface area (TPSA) is 55.8 Å². The Morgan fingerprint density at radius 3 is 2.65 bits per heavy atom. The standard InChI is InChI=1S/C13H18O4/c1-9(13(14)15)6-11-7-10(8-16-2)4-5-12(11)17-3/h4-5,7,9H,6,8H2,1-3H3,(H,14,15). The molecule has 1 aromatic carbocycles. The molecule has 1 atom stereocenters. The lowest BCUT2D eigenvalue weighted by atomic mass is 9.99. The molecule has 0 aliphatic rings. The normalized spacial score (nSPS) is 12.2. The Kier molecular flexibility index (Phi) is 4.97. The maximum Gasteiger partial charge on any atom is 0.306 e. The van der Waals surface area contributed by atoms with Crippen LogP contribution in [0.2, 0.25) is 0 Å². The summed E-state index contributed by atoms with van der Waals surface area (Å²) in [5.41, 5.74) is 1.91. The Balaban J connectivity index is 2.93. The summed E-state index contributed by atoms with van der Waals surface area (Å²) in [6.45, 7) is 2.20. The average Bonchev–Trinajstić information content (AvgIpc) is 2.29. The van der Waals surface area contributed by atoms with E-state index in [4.69, 9.17) is 14.6 Å². The van der Waals surface area contributed by atoms with Crippen molar-refractivity contribution < 1.29 is 19.4 Å². The lowest BCUT2D eigenvalue weighted by molar-refractivity contribution is -0.141. The Morgan fingerprint density at radius 2 is 2.12 bits per heavy atom. The SMILES string of the molecule is COCc1ccc(OC)c(CC(C)C(=O)O)c1. The van der Waals surface area contributed by atoms with E-state index in [1.807, 2.05) is 18.2 Å². The minimum atomic E-state index is -0.802. The number of carboxylic acids is 1. The molecule has 0 heterocycles. The van der Waals surface area contributed by atoms with Crippen LogP contribution in [0.1, 0.15) is 18.1 Å². The fourth-order valence-corrected chi connectivity index (χ4v) is 1.67. The maximum atomic E-state index is 10.8. The highest BCUT2D eigenvalue weighted by Gasteiger charge is 2.14. The van der Waals surface area contributed by atoms with Crippen molar-refractivity contribution in [2.45, 2.75) is 20.0 Å². The van der Waals surface area contributed by atoms with E-state index >= 15 is 0 Å². The number of aliphatic carboxylic acids is 1. The lowest BCUT2D eigenvalue weighted by Crippen LogP contribution is -2.13. The van der Waals surface area contributed by atoms with Gasteiger partial charge in [0.05, 0.1) is 19.6 Å². The van der Waals surface area contributed by atoms with Gasteiger partial charge >= 0.3 is 5.97 Å². The summed E-state index contributed by atoms with van der Waals surface area (Å²) in [6, 6.07) is 5.69. The molecule has 0 radical (unpaired) electrons. The van der Waals surface area contributed by atoms with Crippen LogP contribution >= 0.6 is 0 Å². The van der Waals surface area contributed by atoms with Crippen LogP contribution in [0.5, 0.6) is 5.75 Å². The highest BCUT2D eigenvalue weighted by molar-refractivity contribution is 5.70. The minimum Gasteiger partial charge on any atom is -0.496 e. The van der Waals surface area contributed by atoms with E-state index in [1.54, 1.807) is 21.1 Å². The minimum absolute atomic E-state index is 0.429. The summed E-state index contributed by atoms with van der Waals surface area (Å²) < 4.78 is 10.3. The largest absolute Gasteiger partial charge is 0.496 e. The first-order chi connectivity index (χ1) is 8.08. The zero-order valence-corrected chi connectivity index (χ0v) is 10.4. The maximum absolute atomic E-state index is 10.8. The summed E-state index contributed by atoms with van der Waals surface area (Å²) in [4.78, 5) is 10.8. The molecular weight excluding hydrogens is 220 g/mol. The molecule has 1 unspecified atom stereocenters. The van der Waals surface area contributed by atoms with Crippen LogP contribution in [0, 0.1) is 5.92 Å². The molecule has 0 aromatic heterocycles. The molecule has 0 saturated carbocycles. The van der Waals surface area contributed by atoms with Gasteiger partial charge in [-0.2, -0.15) is 0 Å². The first-order valence-corrected chi connectivity index (χ1v) is 5.46. The van der Waals surface area contributed by atoms with E-state index in [0.717, 1.165) is 16.9 Å². The second-order valence-corrected chi connectivity index (χ2v) is 4.02. The first kappa shape index (κ1) is 13.5. The molecule has 1 rings (SSSR count). The molecule has 0 aliphatic carbocycles. The smallest absolute Gasteiger partial charge is 0.306 e. The molecular formula is C13H18O4. The summed E-state index contributed by atoms with van der Waals surface area (Å²) in [5.74, 6) is -0.510. The lowest BCUT2D eigenvalue weighted by Gasteiger charge is -2.12. The number of hydrogen-bond donors (Lipinski definition) is 1. The van der Waals surface area contributed by atoms with Gasteiger partial charge in [-0.1, -0.05) is 13.0 Å². The van der Waals surface area contributed by atoms with Crippen molar-refractivity contribution in [2.24, 2.45) is 5.92 Å². The van der Waals surface area contributed by atoms with Crippen LogP contribution in [0.15, 0.2) is 18.2 Å². The van der Waals surface area contributed by atoms with Gasteiger partial charge in [0.15, 0.2) is 0 Å². The van der Waals surface area contributed by atoms with E-state index in [0.29, 0.717) is 13.0 Å². The first-order valence-electron chi connectivity index (χ1n) is 5.46. The molecule has 1 aromatic rings. The molecule has 0 spiro atoms. The third-order valence-electron chi connectivity index (χ3n) is 2.60. The Hall–Kier alpha value is -1.55. The zero-order valence-electron chi connectivity index (χ0n) is 10.4. The molecule has 0 fully saturated rings. The number of carboxylic acid groups (broad SMARTS) is 1. The van der Waals surface area contributed by atoms with Crippen LogP contribution in [-0.2, 0) is 22.6 Å². The Morgan fingerprint density at radius 1 is 1.41 bits per heavy atom. The van der Waals surface area contributed by atoms with Crippen molar-refractivity contribution >= 4 is 5.97 Å². The molecule has 0 aliphatic heterocycles. The van der Waals surface area contributed by atoms with E-state index in [2.05, 4.69) is 0 Å². The highest BCUT2D eigenvalue weighted by atomic mass is 16.5. The van der Waals surface area contributed by atoms with Crippen molar-refractivity contribution in [3.05, 3.63) is 29.3 Å². The highest BCUT2D eigenvalue weighted by Crippen LogP contribution is 2.23. The van der Waals surface area contributed by atoms with Gasteiger partial charge in [0.1, 0.15) is 5.75 Å². The average molecular weight is 238 g/mol. The van der Waals surface area contributed by atoms with Gasteiger partial charge in [-0.05, 0) is 29.7 Å². The molecule has 94 valence electrons. The third kappa shape index (κ3) is 3.75. The second-order valence-electron chi connectivity index (χ2n) is 4.02. The number of benzene rings is 1. The van der Waals surface area contributed by atoms with E-state index in [1.165, 1.54) is 0 Å². The van der Waals surface area contributed by atoms with E-state index in [-0.39, 0.29) is 0 Å². The van der Waals surface area contributed by atoms with Crippen molar-refractivity contribution in [1.29, 1.82) is 0 Å². The Labute approximate surface area is 101 Å². The van der Waals surface area contributed by atoms with Crippen LogP contribution in [-0.4, -0.2) is 25.3 Å². The quantitative estimate of drug-likeness (QED) is 0.824. The van der Waals surface area contributed by atoms with Gasteiger partial charge in [-0.15, -0.1) is 0 Å². The molecule has 4 heteroatoms. The predicted molar refractivity (Wildman–Crippen MR) is 64.2 cm³/mol. The fourth-order valence-electron chi connectivity index (χ4n) is 1.67.